The maximum Gasteiger partial charge on any atom is 0.319 e. The molecule has 4 amide bonds. The molecule has 1 aromatic carbocycles. The molecule has 0 saturated heterocycles. The third-order valence-corrected chi connectivity index (χ3v) is 3.95. The Balaban J connectivity index is 2.68. The Bertz CT molecular complexity index is 618. The number of hydrogen-bond donors (Lipinski definition) is 3. The van der Waals surface area contributed by atoms with E-state index in [0.29, 0.717) is 12.2 Å². The predicted octanol–water partition coefficient (Wildman–Crippen LogP) is 2.09. The zero-order valence-corrected chi connectivity index (χ0v) is 15.6. The lowest BCUT2D eigenvalue weighted by molar-refractivity contribution is -0.128. The number of nitrogens with one attached hydrogen (secondary N) is 3. The molecular formula is C18H28N4O3. The number of nitrogens with zero attached hydrogens (tertiary/aromatic N) is 1. The van der Waals surface area contributed by atoms with Crippen LogP contribution < -0.4 is 16.0 Å². The molecule has 0 aliphatic heterocycles. The molecule has 0 fully saturated rings. The number of para-hydroxylation sites is 1. The van der Waals surface area contributed by atoms with Crippen molar-refractivity contribution < 1.29 is 14.4 Å². The maximum atomic E-state index is 12.2. The summed E-state index contributed by atoms with van der Waals surface area (Å²) in [5.74, 6) is -0.288. The Morgan fingerprint density at radius 1 is 1.12 bits per heavy atom. The second-order valence-electron chi connectivity index (χ2n) is 6.17. The summed E-state index contributed by atoms with van der Waals surface area (Å²) in [7, 11) is 1.69. The summed E-state index contributed by atoms with van der Waals surface area (Å²) in [5.41, 5.74) is 1.41. The van der Waals surface area contributed by atoms with Gasteiger partial charge in [0.25, 0.3) is 0 Å². The molecule has 138 valence electrons. The Kier molecular flexibility index (Phi) is 7.91. The van der Waals surface area contributed by atoms with Gasteiger partial charge in [0.1, 0.15) is 6.04 Å². The van der Waals surface area contributed by atoms with E-state index in [1.54, 1.807) is 31.0 Å². The average Bonchev–Trinajstić information content (AvgIpc) is 2.55. The first-order valence-electron chi connectivity index (χ1n) is 8.42. The van der Waals surface area contributed by atoms with Crippen LogP contribution in [0.15, 0.2) is 24.3 Å². The number of carbonyl (C=O) groups excluding carboxylic acids is 3. The van der Waals surface area contributed by atoms with Crippen molar-refractivity contribution >= 4 is 23.5 Å². The second kappa shape index (κ2) is 9.66. The van der Waals surface area contributed by atoms with Gasteiger partial charge in [0.2, 0.25) is 11.8 Å². The second-order valence-corrected chi connectivity index (χ2v) is 6.17. The van der Waals surface area contributed by atoms with Crippen molar-refractivity contribution in [3.63, 3.8) is 0 Å². The van der Waals surface area contributed by atoms with Crippen LogP contribution in [0.2, 0.25) is 0 Å². The number of rotatable bonds is 7. The summed E-state index contributed by atoms with van der Waals surface area (Å²) >= 11 is 0. The summed E-state index contributed by atoms with van der Waals surface area (Å²) in [5, 5.41) is 8.18. The van der Waals surface area contributed by atoms with Gasteiger partial charge >= 0.3 is 6.03 Å². The smallest absolute Gasteiger partial charge is 0.319 e. The molecule has 7 nitrogen and oxygen atoms in total. The molecule has 0 spiro atoms. The number of hydrogen-bond acceptors (Lipinski definition) is 3. The lowest BCUT2D eigenvalue weighted by atomic mass is 10.1. The summed E-state index contributed by atoms with van der Waals surface area (Å²) in [6.45, 7) is 7.39. The lowest BCUT2D eigenvalue weighted by Crippen LogP contribution is -2.48. The lowest BCUT2D eigenvalue weighted by Gasteiger charge is -2.20. The van der Waals surface area contributed by atoms with Gasteiger partial charge in [0.15, 0.2) is 0 Å². The molecule has 7 heteroatoms. The normalized spacial score (nSPS) is 12.7. The van der Waals surface area contributed by atoms with E-state index >= 15 is 0 Å². The van der Waals surface area contributed by atoms with Gasteiger partial charge in [-0.1, -0.05) is 25.1 Å². The Hall–Kier alpha value is -2.57. The van der Waals surface area contributed by atoms with E-state index in [4.69, 9.17) is 0 Å². The highest BCUT2D eigenvalue weighted by molar-refractivity contribution is 5.94. The monoisotopic (exact) mass is 348 g/mol. The molecule has 0 unspecified atom stereocenters. The standard InChI is InChI=1S/C18H28N4O3/c1-6-12(2)19-17(24)13(3)20-18(25)21-16-10-8-7-9-15(16)11-22(5)14(4)23/h7-10,12-13H,6,11H2,1-5H3,(H,19,24)(H2,20,21,25)/t12-,13-/m0/s1. The van der Waals surface area contributed by atoms with Crippen LogP contribution in [0, 0.1) is 0 Å². The van der Waals surface area contributed by atoms with Crippen molar-refractivity contribution in [2.75, 3.05) is 12.4 Å². The molecule has 1 aromatic rings. The van der Waals surface area contributed by atoms with Crippen molar-refractivity contribution in [3.8, 4) is 0 Å². The topological polar surface area (TPSA) is 90.5 Å². The quantitative estimate of drug-likeness (QED) is 0.705. The van der Waals surface area contributed by atoms with E-state index in [-0.39, 0.29) is 17.9 Å². The molecule has 1 rings (SSSR count). The third kappa shape index (κ3) is 6.82. The summed E-state index contributed by atoms with van der Waals surface area (Å²) < 4.78 is 0. The predicted molar refractivity (Wildman–Crippen MR) is 98.1 cm³/mol. The number of benzene rings is 1. The zero-order valence-electron chi connectivity index (χ0n) is 15.6. The first kappa shape index (κ1) is 20.5. The molecule has 0 aliphatic rings. The van der Waals surface area contributed by atoms with Gasteiger partial charge in [-0.3, -0.25) is 9.59 Å². The fourth-order valence-corrected chi connectivity index (χ4v) is 2.04. The number of anilines is 1. The van der Waals surface area contributed by atoms with Crippen molar-refractivity contribution in [1.82, 2.24) is 15.5 Å². The molecule has 0 heterocycles. The highest BCUT2D eigenvalue weighted by Crippen LogP contribution is 2.16. The van der Waals surface area contributed by atoms with Gasteiger partial charge in [-0.2, -0.15) is 0 Å². The fraction of sp³-hybridized carbons (Fsp3) is 0.500. The molecule has 0 saturated carbocycles. The summed E-state index contributed by atoms with van der Waals surface area (Å²) in [4.78, 5) is 37.1. The molecular weight excluding hydrogens is 320 g/mol. The summed E-state index contributed by atoms with van der Waals surface area (Å²) in [6.07, 6.45) is 0.821. The van der Waals surface area contributed by atoms with Gasteiger partial charge in [-0.25, -0.2) is 4.79 Å². The molecule has 0 bridgehead atoms. The van der Waals surface area contributed by atoms with Crippen LogP contribution in [-0.4, -0.2) is 41.9 Å². The van der Waals surface area contributed by atoms with Crippen molar-refractivity contribution in [2.45, 2.75) is 52.7 Å². The number of carbonyl (C=O) groups is 3. The molecule has 25 heavy (non-hydrogen) atoms. The Labute approximate surface area is 149 Å². The largest absolute Gasteiger partial charge is 0.352 e. The van der Waals surface area contributed by atoms with Gasteiger partial charge in [-0.15, -0.1) is 0 Å². The molecule has 0 radical (unpaired) electrons. The number of urea groups is 1. The van der Waals surface area contributed by atoms with E-state index in [1.807, 2.05) is 26.0 Å². The van der Waals surface area contributed by atoms with Crippen LogP contribution in [0.3, 0.4) is 0 Å². The van der Waals surface area contributed by atoms with E-state index in [0.717, 1.165) is 12.0 Å². The first-order chi connectivity index (χ1) is 11.7. The van der Waals surface area contributed by atoms with Crippen molar-refractivity contribution in [3.05, 3.63) is 29.8 Å². The van der Waals surface area contributed by atoms with Crippen LogP contribution in [0.1, 0.15) is 39.7 Å². The average molecular weight is 348 g/mol. The highest BCUT2D eigenvalue weighted by atomic mass is 16.2. The Morgan fingerprint density at radius 3 is 2.36 bits per heavy atom. The zero-order chi connectivity index (χ0) is 19.0. The van der Waals surface area contributed by atoms with E-state index in [1.165, 1.54) is 6.92 Å². The van der Waals surface area contributed by atoms with E-state index in [9.17, 15) is 14.4 Å². The van der Waals surface area contributed by atoms with Crippen molar-refractivity contribution in [1.29, 1.82) is 0 Å². The van der Waals surface area contributed by atoms with Gasteiger partial charge < -0.3 is 20.9 Å². The van der Waals surface area contributed by atoms with Gasteiger partial charge in [0.05, 0.1) is 0 Å². The van der Waals surface area contributed by atoms with Crippen LogP contribution in [-0.2, 0) is 16.1 Å². The van der Waals surface area contributed by atoms with Gasteiger partial charge in [0, 0.05) is 32.2 Å². The minimum atomic E-state index is -0.652. The van der Waals surface area contributed by atoms with Crippen LogP contribution in [0.4, 0.5) is 10.5 Å². The minimum absolute atomic E-state index is 0.0580. The minimum Gasteiger partial charge on any atom is -0.352 e. The molecule has 0 aromatic heterocycles. The van der Waals surface area contributed by atoms with Crippen LogP contribution >= 0.6 is 0 Å². The molecule has 2 atom stereocenters. The van der Waals surface area contributed by atoms with E-state index in [2.05, 4.69) is 16.0 Å². The van der Waals surface area contributed by atoms with Gasteiger partial charge in [-0.05, 0) is 31.9 Å². The fourth-order valence-electron chi connectivity index (χ4n) is 2.04. The SMILES string of the molecule is CC[C@H](C)NC(=O)[C@H](C)NC(=O)Nc1ccccc1CN(C)C(C)=O. The maximum absolute atomic E-state index is 12.2. The first-order valence-corrected chi connectivity index (χ1v) is 8.42. The molecule has 3 N–H and O–H groups in total. The van der Waals surface area contributed by atoms with E-state index < -0.39 is 12.1 Å². The molecule has 0 aliphatic carbocycles. The highest BCUT2D eigenvalue weighted by Gasteiger charge is 2.17. The summed E-state index contributed by atoms with van der Waals surface area (Å²) in [6, 6.07) is 6.18. The van der Waals surface area contributed by atoms with Crippen LogP contribution in [0.25, 0.3) is 0 Å². The van der Waals surface area contributed by atoms with Crippen molar-refractivity contribution in [2.24, 2.45) is 0 Å². The van der Waals surface area contributed by atoms with Crippen LogP contribution in [0.5, 0.6) is 0 Å². The third-order valence-electron chi connectivity index (χ3n) is 3.95. The number of amides is 4. The Morgan fingerprint density at radius 2 is 1.76 bits per heavy atom.